The molecular weight excluding hydrogens is 346 g/mol. The smallest absolute Gasteiger partial charge is 0.420 e. The first-order chi connectivity index (χ1) is 13.2. The highest BCUT2D eigenvalue weighted by Crippen LogP contribution is 2.19. The van der Waals surface area contributed by atoms with Crippen molar-refractivity contribution in [3.8, 4) is 5.75 Å². The van der Waals surface area contributed by atoms with Crippen LogP contribution in [0.1, 0.15) is 12.8 Å². The summed E-state index contributed by atoms with van der Waals surface area (Å²) >= 11 is 0. The van der Waals surface area contributed by atoms with Crippen LogP contribution in [0, 0.1) is 5.92 Å². The van der Waals surface area contributed by atoms with E-state index >= 15 is 0 Å². The number of likely N-dealkylation sites (tertiary alicyclic amines) is 1. The van der Waals surface area contributed by atoms with Crippen LogP contribution in [0.15, 0.2) is 58.0 Å². The van der Waals surface area contributed by atoms with Crippen LogP contribution >= 0.6 is 0 Å². The molecule has 1 saturated heterocycles. The number of piperidine rings is 1. The molecule has 7 heteroatoms. The summed E-state index contributed by atoms with van der Waals surface area (Å²) in [5, 5.41) is 0. The summed E-state index contributed by atoms with van der Waals surface area (Å²) in [5.74, 6) is 0.481. The molecule has 0 N–H and O–H groups in total. The number of aromatic nitrogens is 2. The minimum absolute atomic E-state index is 0.00617. The number of nitrogens with zero attached hydrogens (tertiary/aromatic N) is 3. The summed E-state index contributed by atoms with van der Waals surface area (Å²) in [5.41, 5.74) is 1.14. The Hall–Kier alpha value is -3.09. The highest BCUT2D eigenvalue weighted by atomic mass is 16.5. The van der Waals surface area contributed by atoms with E-state index in [4.69, 9.17) is 9.15 Å². The van der Waals surface area contributed by atoms with Gasteiger partial charge in [-0.2, -0.15) is 0 Å². The molecule has 3 aromatic rings. The molecule has 1 amide bonds. The molecule has 140 valence electrons. The van der Waals surface area contributed by atoms with E-state index in [1.807, 2.05) is 23.1 Å². The Morgan fingerprint density at radius 3 is 2.89 bits per heavy atom. The molecule has 1 unspecified atom stereocenters. The third-order valence-electron chi connectivity index (χ3n) is 4.87. The molecule has 1 atom stereocenters. The van der Waals surface area contributed by atoms with E-state index < -0.39 is 5.76 Å². The van der Waals surface area contributed by atoms with Crippen LogP contribution in [-0.4, -0.2) is 40.1 Å². The van der Waals surface area contributed by atoms with Crippen LogP contribution < -0.4 is 10.5 Å². The van der Waals surface area contributed by atoms with Gasteiger partial charge in [-0.3, -0.25) is 14.3 Å². The first kappa shape index (κ1) is 17.3. The quantitative estimate of drug-likeness (QED) is 0.692. The number of amides is 1. The van der Waals surface area contributed by atoms with E-state index in [0.29, 0.717) is 30.8 Å². The Morgan fingerprint density at radius 2 is 2.04 bits per heavy atom. The van der Waals surface area contributed by atoms with Crippen molar-refractivity contribution in [2.24, 2.45) is 5.92 Å². The average Bonchev–Trinajstić information content (AvgIpc) is 3.03. The summed E-state index contributed by atoms with van der Waals surface area (Å²) in [7, 11) is 0. The van der Waals surface area contributed by atoms with Crippen molar-refractivity contribution in [1.29, 1.82) is 0 Å². The van der Waals surface area contributed by atoms with E-state index in [-0.39, 0.29) is 18.4 Å². The van der Waals surface area contributed by atoms with Gasteiger partial charge in [-0.25, -0.2) is 4.79 Å². The van der Waals surface area contributed by atoms with Gasteiger partial charge in [0.2, 0.25) is 5.91 Å². The maximum absolute atomic E-state index is 12.8. The molecule has 2 aromatic heterocycles. The molecule has 1 aromatic carbocycles. The standard InChI is InChI=1S/C20H21N3O4/c24-19(13-23-17-5-1-2-6-18(17)27-20(23)25)22-11-3-4-15(12-22)14-26-16-7-9-21-10-8-16/h1-2,5-10,15H,3-4,11-14H2. The predicted molar refractivity (Wildman–Crippen MR) is 99.5 cm³/mol. The lowest BCUT2D eigenvalue weighted by molar-refractivity contribution is -0.133. The van der Waals surface area contributed by atoms with Crippen LogP contribution in [0.2, 0.25) is 0 Å². The summed E-state index contributed by atoms with van der Waals surface area (Å²) in [6.07, 6.45) is 5.33. The Kier molecular flexibility index (Phi) is 4.91. The van der Waals surface area contributed by atoms with Crippen LogP contribution in [0.3, 0.4) is 0 Å². The second kappa shape index (κ2) is 7.65. The number of ether oxygens (including phenoxy) is 1. The third-order valence-corrected chi connectivity index (χ3v) is 4.87. The van der Waals surface area contributed by atoms with Crippen molar-refractivity contribution in [2.45, 2.75) is 19.4 Å². The molecule has 7 nitrogen and oxygen atoms in total. The fraction of sp³-hybridized carbons (Fsp3) is 0.350. The number of rotatable bonds is 5. The van der Waals surface area contributed by atoms with Crippen molar-refractivity contribution in [3.63, 3.8) is 0 Å². The molecule has 4 rings (SSSR count). The molecule has 1 aliphatic heterocycles. The van der Waals surface area contributed by atoms with Crippen molar-refractivity contribution in [2.75, 3.05) is 19.7 Å². The summed E-state index contributed by atoms with van der Waals surface area (Å²) in [6, 6.07) is 10.8. The monoisotopic (exact) mass is 367 g/mol. The summed E-state index contributed by atoms with van der Waals surface area (Å²) < 4.78 is 12.4. The van der Waals surface area contributed by atoms with E-state index in [1.165, 1.54) is 4.57 Å². The first-order valence-electron chi connectivity index (χ1n) is 9.09. The van der Waals surface area contributed by atoms with Gasteiger partial charge >= 0.3 is 5.76 Å². The highest BCUT2D eigenvalue weighted by molar-refractivity contribution is 5.79. The Morgan fingerprint density at radius 1 is 1.22 bits per heavy atom. The van der Waals surface area contributed by atoms with E-state index in [0.717, 1.165) is 18.6 Å². The molecule has 0 bridgehead atoms. The van der Waals surface area contributed by atoms with Crippen LogP contribution in [-0.2, 0) is 11.3 Å². The summed E-state index contributed by atoms with van der Waals surface area (Å²) in [6.45, 7) is 1.89. The van der Waals surface area contributed by atoms with Gasteiger partial charge in [-0.1, -0.05) is 12.1 Å². The van der Waals surface area contributed by atoms with Crippen LogP contribution in [0.25, 0.3) is 11.1 Å². The molecule has 27 heavy (non-hydrogen) atoms. The number of benzene rings is 1. The number of fused-ring (bicyclic) bond motifs is 1. The number of pyridine rings is 1. The van der Waals surface area contributed by atoms with Gasteiger partial charge < -0.3 is 14.1 Å². The number of oxazole rings is 1. The fourth-order valence-electron chi connectivity index (χ4n) is 3.48. The molecule has 0 spiro atoms. The molecular formula is C20H21N3O4. The van der Waals surface area contributed by atoms with Gasteiger partial charge in [0, 0.05) is 31.4 Å². The van der Waals surface area contributed by atoms with Crippen molar-refractivity contribution in [3.05, 3.63) is 59.3 Å². The van der Waals surface area contributed by atoms with Gasteiger partial charge in [-0.05, 0) is 37.1 Å². The molecule has 0 radical (unpaired) electrons. The maximum Gasteiger partial charge on any atom is 0.420 e. The molecule has 1 aliphatic rings. The minimum atomic E-state index is -0.501. The van der Waals surface area contributed by atoms with E-state index in [9.17, 15) is 9.59 Å². The van der Waals surface area contributed by atoms with Crippen LogP contribution in [0.4, 0.5) is 0 Å². The average molecular weight is 367 g/mol. The molecule has 0 saturated carbocycles. The predicted octanol–water partition coefficient (Wildman–Crippen LogP) is 2.31. The van der Waals surface area contributed by atoms with Gasteiger partial charge in [0.05, 0.1) is 12.1 Å². The number of carbonyl (C=O) groups is 1. The maximum atomic E-state index is 12.8. The van der Waals surface area contributed by atoms with Crippen molar-refractivity contribution < 1.29 is 13.9 Å². The zero-order valence-corrected chi connectivity index (χ0v) is 14.9. The highest BCUT2D eigenvalue weighted by Gasteiger charge is 2.25. The largest absolute Gasteiger partial charge is 0.493 e. The third kappa shape index (κ3) is 3.86. The van der Waals surface area contributed by atoms with E-state index in [2.05, 4.69) is 4.98 Å². The number of para-hydroxylation sites is 2. The van der Waals surface area contributed by atoms with Gasteiger partial charge in [-0.15, -0.1) is 0 Å². The first-order valence-corrected chi connectivity index (χ1v) is 9.09. The lowest BCUT2D eigenvalue weighted by Crippen LogP contribution is -2.43. The second-order valence-electron chi connectivity index (χ2n) is 6.76. The summed E-state index contributed by atoms with van der Waals surface area (Å²) in [4.78, 5) is 30.6. The Labute approximate surface area is 156 Å². The normalized spacial score (nSPS) is 17.2. The number of hydrogen-bond acceptors (Lipinski definition) is 5. The van der Waals surface area contributed by atoms with Gasteiger partial charge in [0.1, 0.15) is 12.3 Å². The van der Waals surface area contributed by atoms with Gasteiger partial charge in [0.15, 0.2) is 5.58 Å². The minimum Gasteiger partial charge on any atom is -0.493 e. The lowest BCUT2D eigenvalue weighted by Gasteiger charge is -2.32. The topological polar surface area (TPSA) is 77.6 Å². The number of carbonyl (C=O) groups excluding carboxylic acids is 1. The second-order valence-corrected chi connectivity index (χ2v) is 6.76. The zero-order chi connectivity index (χ0) is 18.6. The SMILES string of the molecule is O=C(Cn1c(=O)oc2ccccc21)N1CCCC(COc2ccncc2)C1. The van der Waals surface area contributed by atoms with Gasteiger partial charge in [0.25, 0.3) is 0 Å². The lowest BCUT2D eigenvalue weighted by atomic mass is 9.99. The van der Waals surface area contributed by atoms with E-state index in [1.54, 1.807) is 30.6 Å². The Balaban J connectivity index is 1.39. The van der Waals surface area contributed by atoms with Crippen LogP contribution in [0.5, 0.6) is 5.75 Å². The number of hydrogen-bond donors (Lipinski definition) is 0. The van der Waals surface area contributed by atoms with Crippen molar-refractivity contribution >= 4 is 17.0 Å². The molecule has 3 heterocycles. The Bertz CT molecular complexity index is 980. The van der Waals surface area contributed by atoms with Crippen molar-refractivity contribution in [1.82, 2.24) is 14.5 Å². The molecule has 1 fully saturated rings. The fourth-order valence-corrected chi connectivity index (χ4v) is 3.48. The zero-order valence-electron chi connectivity index (χ0n) is 14.9. The molecule has 0 aliphatic carbocycles.